The van der Waals surface area contributed by atoms with Crippen molar-refractivity contribution in [2.75, 3.05) is 13.2 Å². The van der Waals surface area contributed by atoms with Gasteiger partial charge in [0, 0.05) is 5.37 Å². The predicted molar refractivity (Wildman–Crippen MR) is 83.2 cm³/mol. The van der Waals surface area contributed by atoms with Crippen LogP contribution < -0.4 is 10.1 Å². The zero-order chi connectivity index (χ0) is 13.7. The average Bonchev–Trinajstić information content (AvgIpc) is 2.62. The highest BCUT2D eigenvalue weighted by molar-refractivity contribution is 7.79. The maximum absolute atomic E-state index is 7.98. The number of thiocarbonyl (C=S) groups is 1. The fourth-order valence-corrected chi connectivity index (χ4v) is 2.08. The lowest BCUT2D eigenvalue weighted by Gasteiger charge is -2.09. The van der Waals surface area contributed by atoms with Gasteiger partial charge >= 0.3 is 0 Å². The smallest absolute Gasteiger partial charge is 0.130 e. The number of ether oxygens (including phenoxy) is 1. The molecule has 2 rings (SSSR count). The van der Waals surface area contributed by atoms with Crippen LogP contribution >= 0.6 is 12.2 Å². The Morgan fingerprint density at radius 3 is 3.05 bits per heavy atom. The number of rotatable bonds is 3. The van der Waals surface area contributed by atoms with Crippen LogP contribution in [0.5, 0.6) is 5.75 Å². The molecule has 19 heavy (non-hydrogen) atoms. The summed E-state index contributed by atoms with van der Waals surface area (Å²) in [6, 6.07) is 5.80. The predicted octanol–water partition coefficient (Wildman–Crippen LogP) is 2.95. The summed E-state index contributed by atoms with van der Waals surface area (Å²) >= 11 is 5.05. The maximum atomic E-state index is 7.98. The van der Waals surface area contributed by atoms with E-state index in [1.807, 2.05) is 43.4 Å². The van der Waals surface area contributed by atoms with Crippen molar-refractivity contribution in [2.45, 2.75) is 6.92 Å². The molecule has 0 fully saturated rings. The Hall–Kier alpha value is -1.94. The van der Waals surface area contributed by atoms with Crippen LogP contribution in [0, 0.1) is 5.41 Å². The van der Waals surface area contributed by atoms with Crippen molar-refractivity contribution in [1.82, 2.24) is 5.32 Å². The van der Waals surface area contributed by atoms with Crippen LogP contribution in [0.4, 0.5) is 0 Å². The molecule has 2 N–H and O–H groups in total. The molecule has 0 unspecified atom stereocenters. The standard InChI is InChI=1S/C15H16N2OS/c1-2-3-4-12(10-19)11-5-6-14-13(9-11)15(16)17-7-8-18-14/h2-6,9-10H,7-8H2,1H3,(H2,16,17)/b3-2-,12-4+. The van der Waals surface area contributed by atoms with E-state index in [4.69, 9.17) is 22.4 Å². The molecule has 0 spiro atoms. The first-order chi connectivity index (χ1) is 9.26. The van der Waals surface area contributed by atoms with Gasteiger partial charge in [-0.25, -0.2) is 0 Å². The molecule has 0 atom stereocenters. The van der Waals surface area contributed by atoms with Gasteiger partial charge < -0.3 is 10.1 Å². The fraction of sp³-hybridized carbons (Fsp3) is 0.200. The van der Waals surface area contributed by atoms with Gasteiger partial charge in [-0.05, 0) is 30.2 Å². The zero-order valence-corrected chi connectivity index (χ0v) is 11.6. The third-order valence-corrected chi connectivity index (χ3v) is 3.09. The molecule has 0 bridgehead atoms. The zero-order valence-electron chi connectivity index (χ0n) is 10.8. The third-order valence-electron chi connectivity index (χ3n) is 2.84. The minimum atomic E-state index is 0.393. The Labute approximate surface area is 118 Å². The Morgan fingerprint density at radius 2 is 2.32 bits per heavy atom. The number of nitrogens with one attached hydrogen (secondary N) is 2. The van der Waals surface area contributed by atoms with E-state index in [1.54, 1.807) is 5.37 Å². The van der Waals surface area contributed by atoms with Crippen molar-refractivity contribution in [3.8, 4) is 5.75 Å². The van der Waals surface area contributed by atoms with Gasteiger partial charge in [-0.3, -0.25) is 5.41 Å². The molecule has 0 amide bonds. The summed E-state index contributed by atoms with van der Waals surface area (Å²) < 4.78 is 5.60. The van der Waals surface area contributed by atoms with Crippen LogP contribution in [0.2, 0.25) is 0 Å². The van der Waals surface area contributed by atoms with E-state index in [9.17, 15) is 0 Å². The van der Waals surface area contributed by atoms with E-state index in [1.165, 1.54) is 0 Å². The van der Waals surface area contributed by atoms with Gasteiger partial charge in [-0.1, -0.05) is 36.5 Å². The molecule has 1 aromatic carbocycles. The molecule has 0 radical (unpaired) electrons. The summed E-state index contributed by atoms with van der Waals surface area (Å²) in [7, 11) is 0. The van der Waals surface area contributed by atoms with Gasteiger partial charge in [0.05, 0.1) is 12.1 Å². The number of hydrogen-bond donors (Lipinski definition) is 2. The largest absolute Gasteiger partial charge is 0.491 e. The highest BCUT2D eigenvalue weighted by Crippen LogP contribution is 2.25. The van der Waals surface area contributed by atoms with Crippen molar-refractivity contribution in [1.29, 1.82) is 5.41 Å². The van der Waals surface area contributed by atoms with E-state index in [0.29, 0.717) is 19.0 Å². The van der Waals surface area contributed by atoms with Gasteiger partial charge in [-0.2, -0.15) is 0 Å². The summed E-state index contributed by atoms with van der Waals surface area (Å²) in [4.78, 5) is 0. The Kier molecular flexibility index (Phi) is 4.47. The Morgan fingerprint density at radius 1 is 1.47 bits per heavy atom. The highest BCUT2D eigenvalue weighted by Gasteiger charge is 2.14. The second-order valence-corrected chi connectivity index (χ2v) is 4.36. The molecule has 0 aliphatic carbocycles. The van der Waals surface area contributed by atoms with E-state index >= 15 is 0 Å². The number of fused-ring (bicyclic) bond motifs is 1. The van der Waals surface area contributed by atoms with Gasteiger partial charge in [0.2, 0.25) is 0 Å². The maximum Gasteiger partial charge on any atom is 0.130 e. The fourth-order valence-electron chi connectivity index (χ4n) is 1.87. The summed E-state index contributed by atoms with van der Waals surface area (Å²) in [5.74, 6) is 1.14. The summed E-state index contributed by atoms with van der Waals surface area (Å²) in [6.07, 6.45) is 5.86. The molecule has 1 heterocycles. The molecule has 1 aliphatic heterocycles. The summed E-state index contributed by atoms with van der Waals surface area (Å²) in [6.45, 7) is 3.18. The Balaban J connectivity index is 2.44. The molecule has 4 heteroatoms. The minimum absolute atomic E-state index is 0.393. The lowest BCUT2D eigenvalue weighted by atomic mass is 10.0. The molecular weight excluding hydrogens is 256 g/mol. The molecule has 0 saturated carbocycles. The number of hydrogen-bond acceptors (Lipinski definition) is 3. The highest BCUT2D eigenvalue weighted by atomic mass is 32.1. The second-order valence-electron chi connectivity index (χ2n) is 4.13. The van der Waals surface area contributed by atoms with Crippen LogP contribution in [-0.4, -0.2) is 24.4 Å². The average molecular weight is 272 g/mol. The normalized spacial score (nSPS) is 15.4. The number of benzene rings is 1. The topological polar surface area (TPSA) is 45.1 Å². The Bertz CT molecular complexity index is 561. The van der Waals surface area contributed by atoms with Crippen LogP contribution in [0.15, 0.2) is 36.4 Å². The monoisotopic (exact) mass is 272 g/mol. The van der Waals surface area contributed by atoms with Crippen molar-refractivity contribution in [3.63, 3.8) is 0 Å². The van der Waals surface area contributed by atoms with Gasteiger partial charge in [0.25, 0.3) is 0 Å². The minimum Gasteiger partial charge on any atom is -0.491 e. The molecule has 98 valence electrons. The van der Waals surface area contributed by atoms with Crippen LogP contribution in [0.1, 0.15) is 18.1 Å². The van der Waals surface area contributed by atoms with E-state index in [-0.39, 0.29) is 0 Å². The van der Waals surface area contributed by atoms with Crippen molar-refractivity contribution < 1.29 is 4.74 Å². The molecule has 0 aromatic heterocycles. The first-order valence-electron chi connectivity index (χ1n) is 6.14. The number of amidine groups is 1. The van der Waals surface area contributed by atoms with Crippen LogP contribution in [0.3, 0.4) is 0 Å². The van der Waals surface area contributed by atoms with Crippen molar-refractivity contribution in [2.24, 2.45) is 0 Å². The SMILES string of the molecule is C/C=C\C=C(/C=S)c1ccc2c(c1)C(=N)NCCO2. The number of allylic oxidation sites excluding steroid dienone is 4. The first kappa shape index (κ1) is 13.5. The third kappa shape index (κ3) is 3.09. The molecular formula is C15H16N2OS. The van der Waals surface area contributed by atoms with Gasteiger partial charge in [0.1, 0.15) is 18.2 Å². The van der Waals surface area contributed by atoms with Gasteiger partial charge in [-0.15, -0.1) is 0 Å². The summed E-state index contributed by atoms with van der Waals surface area (Å²) in [5.41, 5.74) is 2.72. The van der Waals surface area contributed by atoms with E-state index in [0.717, 1.165) is 22.4 Å². The molecule has 1 aromatic rings. The van der Waals surface area contributed by atoms with E-state index < -0.39 is 0 Å². The lowest BCUT2D eigenvalue weighted by Crippen LogP contribution is -2.24. The van der Waals surface area contributed by atoms with Crippen molar-refractivity contribution >= 4 is 29.0 Å². The summed E-state index contributed by atoms with van der Waals surface area (Å²) in [5, 5.41) is 12.6. The lowest BCUT2D eigenvalue weighted by molar-refractivity contribution is 0.327. The quantitative estimate of drug-likeness (QED) is 0.505. The second kappa shape index (κ2) is 6.29. The van der Waals surface area contributed by atoms with E-state index in [2.05, 4.69) is 5.32 Å². The van der Waals surface area contributed by atoms with Crippen LogP contribution in [0.25, 0.3) is 5.57 Å². The van der Waals surface area contributed by atoms with Crippen LogP contribution in [-0.2, 0) is 0 Å². The molecule has 1 aliphatic rings. The molecule has 0 saturated heterocycles. The molecule has 3 nitrogen and oxygen atoms in total. The first-order valence-corrected chi connectivity index (χ1v) is 6.61. The van der Waals surface area contributed by atoms with Crippen molar-refractivity contribution in [3.05, 3.63) is 47.6 Å². The van der Waals surface area contributed by atoms with Gasteiger partial charge in [0.15, 0.2) is 0 Å².